The zero-order chi connectivity index (χ0) is 17.4. The first kappa shape index (κ1) is 17.5. The average molecular weight is 329 g/mol. The van der Waals surface area contributed by atoms with Crippen LogP contribution in [-0.4, -0.2) is 23.7 Å². The van der Waals surface area contributed by atoms with E-state index < -0.39 is 0 Å². The number of aliphatic hydroxyl groups excluding tert-OH is 1. The third-order valence-electron chi connectivity index (χ3n) is 5.79. The summed E-state index contributed by atoms with van der Waals surface area (Å²) in [5, 5.41) is 12.9. The van der Waals surface area contributed by atoms with E-state index in [9.17, 15) is 9.90 Å². The molecule has 0 radical (unpaired) electrons. The van der Waals surface area contributed by atoms with Crippen molar-refractivity contribution in [2.24, 2.45) is 5.92 Å². The molecular weight excluding hydrogens is 298 g/mol. The molecular formula is C21H31NO2. The van der Waals surface area contributed by atoms with Crippen molar-refractivity contribution in [3.05, 3.63) is 35.4 Å². The summed E-state index contributed by atoms with van der Waals surface area (Å²) < 4.78 is 0. The van der Waals surface area contributed by atoms with Gasteiger partial charge in [-0.05, 0) is 54.6 Å². The molecule has 2 saturated carbocycles. The molecule has 2 aliphatic rings. The molecule has 0 spiro atoms. The topological polar surface area (TPSA) is 49.3 Å². The van der Waals surface area contributed by atoms with Gasteiger partial charge in [0.1, 0.15) is 0 Å². The van der Waals surface area contributed by atoms with Gasteiger partial charge >= 0.3 is 0 Å². The van der Waals surface area contributed by atoms with Gasteiger partial charge in [-0.15, -0.1) is 0 Å². The molecule has 1 aromatic carbocycles. The van der Waals surface area contributed by atoms with Crippen LogP contribution < -0.4 is 5.32 Å². The van der Waals surface area contributed by atoms with Crippen molar-refractivity contribution in [2.45, 2.75) is 76.2 Å². The zero-order valence-corrected chi connectivity index (χ0v) is 15.3. The molecule has 2 aliphatic carbocycles. The highest BCUT2D eigenvalue weighted by Gasteiger charge is 2.51. The van der Waals surface area contributed by atoms with Crippen molar-refractivity contribution >= 4 is 5.91 Å². The quantitative estimate of drug-likeness (QED) is 0.885. The molecule has 2 unspecified atom stereocenters. The van der Waals surface area contributed by atoms with Crippen LogP contribution in [0.2, 0.25) is 0 Å². The molecule has 0 saturated heterocycles. The summed E-state index contributed by atoms with van der Waals surface area (Å²) in [5.41, 5.74) is 2.29. The average Bonchev–Trinajstić information content (AvgIpc) is 3.34. The van der Waals surface area contributed by atoms with E-state index in [1.165, 1.54) is 5.56 Å². The number of benzene rings is 1. The van der Waals surface area contributed by atoms with Gasteiger partial charge in [0.25, 0.3) is 0 Å². The van der Waals surface area contributed by atoms with E-state index in [0.29, 0.717) is 12.5 Å². The Labute approximate surface area is 145 Å². The summed E-state index contributed by atoms with van der Waals surface area (Å²) in [4.78, 5) is 12.8. The fraction of sp³-hybridized carbons (Fsp3) is 0.667. The van der Waals surface area contributed by atoms with Gasteiger partial charge < -0.3 is 10.4 Å². The maximum atomic E-state index is 12.8. The Balaban J connectivity index is 1.62. The Hall–Kier alpha value is -1.35. The second-order valence-electron chi connectivity index (χ2n) is 8.81. The van der Waals surface area contributed by atoms with Gasteiger partial charge in [-0.2, -0.15) is 0 Å². The van der Waals surface area contributed by atoms with Crippen LogP contribution in [0.3, 0.4) is 0 Å². The minimum atomic E-state index is -0.302. The molecule has 1 amide bonds. The van der Waals surface area contributed by atoms with Crippen LogP contribution in [0.5, 0.6) is 0 Å². The van der Waals surface area contributed by atoms with E-state index in [1.54, 1.807) is 0 Å². The lowest BCUT2D eigenvalue weighted by molar-refractivity contribution is -0.123. The van der Waals surface area contributed by atoms with Crippen molar-refractivity contribution in [1.29, 1.82) is 0 Å². The maximum Gasteiger partial charge on any atom is 0.230 e. The summed E-state index contributed by atoms with van der Waals surface area (Å²) in [5.74, 6) is 0.600. The molecule has 2 fully saturated rings. The smallest absolute Gasteiger partial charge is 0.230 e. The number of nitrogens with one attached hydrogen (secondary N) is 1. The van der Waals surface area contributed by atoms with Gasteiger partial charge in [-0.3, -0.25) is 4.79 Å². The van der Waals surface area contributed by atoms with Crippen molar-refractivity contribution in [3.8, 4) is 0 Å². The predicted molar refractivity (Wildman–Crippen MR) is 97.0 cm³/mol. The van der Waals surface area contributed by atoms with E-state index in [-0.39, 0.29) is 22.8 Å². The van der Waals surface area contributed by atoms with E-state index in [2.05, 4.69) is 50.4 Å². The highest BCUT2D eigenvalue weighted by atomic mass is 16.3. The Bertz CT molecular complexity index is 581. The molecule has 24 heavy (non-hydrogen) atoms. The van der Waals surface area contributed by atoms with Gasteiger partial charge in [-0.25, -0.2) is 0 Å². The van der Waals surface area contributed by atoms with Crippen molar-refractivity contribution in [3.63, 3.8) is 0 Å². The molecule has 0 heterocycles. The van der Waals surface area contributed by atoms with E-state index in [4.69, 9.17) is 0 Å². The Kier molecular flexibility index (Phi) is 4.74. The SMILES string of the molecule is CC(C)(C)c1ccc(C2(C(=O)NCC3CCCC(O)C3)CC2)cc1. The molecule has 3 heteroatoms. The number of hydrogen-bond donors (Lipinski definition) is 2. The standard InChI is InChI=1S/C21H31NO2/c1-20(2,3)16-7-9-17(10-8-16)21(11-12-21)19(24)22-14-15-5-4-6-18(23)13-15/h7-10,15,18,23H,4-6,11-14H2,1-3H3,(H,22,24). The van der Waals surface area contributed by atoms with Crippen LogP contribution in [0.4, 0.5) is 0 Å². The van der Waals surface area contributed by atoms with Gasteiger partial charge in [0, 0.05) is 6.54 Å². The fourth-order valence-corrected chi connectivity index (χ4v) is 3.92. The molecule has 0 aliphatic heterocycles. The lowest BCUT2D eigenvalue weighted by Gasteiger charge is -2.27. The molecule has 2 atom stereocenters. The summed E-state index contributed by atoms with van der Waals surface area (Å²) in [6.07, 6.45) is 5.64. The molecule has 3 nitrogen and oxygen atoms in total. The number of aliphatic hydroxyl groups is 1. The maximum absolute atomic E-state index is 12.8. The van der Waals surface area contributed by atoms with Gasteiger partial charge in [-0.1, -0.05) is 51.5 Å². The second kappa shape index (κ2) is 6.51. The van der Waals surface area contributed by atoms with Crippen LogP contribution in [-0.2, 0) is 15.6 Å². The number of carbonyl (C=O) groups excluding carboxylic acids is 1. The highest BCUT2D eigenvalue weighted by molar-refractivity contribution is 5.91. The number of hydrogen-bond acceptors (Lipinski definition) is 2. The minimum absolute atomic E-state index is 0.138. The van der Waals surface area contributed by atoms with Crippen molar-refractivity contribution in [2.75, 3.05) is 6.54 Å². The monoisotopic (exact) mass is 329 g/mol. The molecule has 1 aromatic rings. The Morgan fingerprint density at radius 2 is 1.88 bits per heavy atom. The Morgan fingerprint density at radius 1 is 1.21 bits per heavy atom. The molecule has 132 valence electrons. The number of carbonyl (C=O) groups is 1. The first-order valence-electron chi connectivity index (χ1n) is 9.39. The zero-order valence-electron chi connectivity index (χ0n) is 15.3. The van der Waals surface area contributed by atoms with Gasteiger partial charge in [0.2, 0.25) is 5.91 Å². The van der Waals surface area contributed by atoms with Crippen LogP contribution in [0.1, 0.15) is 70.4 Å². The Morgan fingerprint density at radius 3 is 2.42 bits per heavy atom. The predicted octanol–water partition coefficient (Wildman–Crippen LogP) is 3.68. The second-order valence-corrected chi connectivity index (χ2v) is 8.81. The van der Waals surface area contributed by atoms with E-state index >= 15 is 0 Å². The first-order chi connectivity index (χ1) is 11.3. The minimum Gasteiger partial charge on any atom is -0.393 e. The molecule has 0 bridgehead atoms. The molecule has 0 aromatic heterocycles. The van der Waals surface area contributed by atoms with Crippen LogP contribution in [0.25, 0.3) is 0 Å². The lowest BCUT2D eigenvalue weighted by atomic mass is 9.84. The first-order valence-corrected chi connectivity index (χ1v) is 9.39. The van der Waals surface area contributed by atoms with Crippen molar-refractivity contribution < 1.29 is 9.90 Å². The van der Waals surface area contributed by atoms with E-state index in [0.717, 1.165) is 44.1 Å². The van der Waals surface area contributed by atoms with Crippen LogP contribution in [0.15, 0.2) is 24.3 Å². The van der Waals surface area contributed by atoms with Gasteiger partial charge in [0.15, 0.2) is 0 Å². The number of amides is 1. The van der Waals surface area contributed by atoms with Crippen LogP contribution in [0, 0.1) is 5.92 Å². The summed E-state index contributed by atoms with van der Waals surface area (Å²) in [7, 11) is 0. The fourth-order valence-electron chi connectivity index (χ4n) is 3.92. The third kappa shape index (κ3) is 3.66. The normalized spacial score (nSPS) is 26.0. The van der Waals surface area contributed by atoms with Crippen LogP contribution >= 0.6 is 0 Å². The summed E-state index contributed by atoms with van der Waals surface area (Å²) in [6.45, 7) is 7.33. The van der Waals surface area contributed by atoms with Crippen molar-refractivity contribution in [1.82, 2.24) is 5.32 Å². The summed E-state index contributed by atoms with van der Waals surface area (Å²) in [6, 6.07) is 8.61. The lowest BCUT2D eigenvalue weighted by Crippen LogP contribution is -2.39. The molecule has 2 N–H and O–H groups in total. The molecule has 3 rings (SSSR count). The van der Waals surface area contributed by atoms with E-state index in [1.807, 2.05) is 0 Å². The highest BCUT2D eigenvalue weighted by Crippen LogP contribution is 2.48. The third-order valence-corrected chi connectivity index (χ3v) is 5.79. The number of rotatable bonds is 4. The largest absolute Gasteiger partial charge is 0.393 e. The summed E-state index contributed by atoms with van der Waals surface area (Å²) >= 11 is 0. The van der Waals surface area contributed by atoms with Gasteiger partial charge in [0.05, 0.1) is 11.5 Å².